The summed E-state index contributed by atoms with van der Waals surface area (Å²) in [6, 6.07) is 11.7. The smallest absolute Gasteiger partial charge is 0.261 e. The van der Waals surface area contributed by atoms with Gasteiger partial charge in [0.15, 0.2) is 0 Å². The van der Waals surface area contributed by atoms with E-state index < -0.39 is 10.0 Å². The number of nitrogens with two attached hydrogens (primary N) is 1. The van der Waals surface area contributed by atoms with Gasteiger partial charge in [0.05, 0.1) is 21.8 Å². The van der Waals surface area contributed by atoms with Crippen molar-refractivity contribution in [1.29, 1.82) is 0 Å². The number of rotatable bonds is 4. The van der Waals surface area contributed by atoms with E-state index in [1.165, 1.54) is 4.31 Å². The van der Waals surface area contributed by atoms with Crippen molar-refractivity contribution in [3.63, 3.8) is 0 Å². The number of benzene rings is 2. The van der Waals surface area contributed by atoms with Crippen LogP contribution in [0, 0.1) is 0 Å². The van der Waals surface area contributed by atoms with Crippen LogP contribution in [-0.4, -0.2) is 53.4 Å². The van der Waals surface area contributed by atoms with Gasteiger partial charge in [0.25, 0.3) is 5.56 Å². The molecular weight excluding hydrogens is 482 g/mol. The summed E-state index contributed by atoms with van der Waals surface area (Å²) >= 11 is 3.33. The van der Waals surface area contributed by atoms with Gasteiger partial charge in [-0.2, -0.15) is 4.31 Å². The lowest BCUT2D eigenvalue weighted by atomic mass is 10.2. The first kappa shape index (κ1) is 21.9. The van der Waals surface area contributed by atoms with E-state index in [-0.39, 0.29) is 16.5 Å². The number of piperazine rings is 1. The van der Waals surface area contributed by atoms with Crippen molar-refractivity contribution >= 4 is 42.5 Å². The van der Waals surface area contributed by atoms with E-state index >= 15 is 0 Å². The lowest BCUT2D eigenvalue weighted by Crippen LogP contribution is -2.49. The van der Waals surface area contributed by atoms with Crippen molar-refractivity contribution in [2.75, 3.05) is 31.9 Å². The lowest BCUT2D eigenvalue weighted by molar-refractivity contribution is 0.139. The molecule has 1 saturated heterocycles. The molecule has 0 amide bonds. The Morgan fingerprint density at radius 2 is 1.71 bits per heavy atom. The third-order valence-corrected chi connectivity index (χ3v) is 8.22. The topological polar surface area (TPSA) is 102 Å². The monoisotopic (exact) mass is 505 g/mol. The van der Waals surface area contributed by atoms with E-state index in [1.807, 2.05) is 6.92 Å². The maximum absolute atomic E-state index is 12.9. The zero-order valence-corrected chi connectivity index (χ0v) is 19.7. The number of nitrogens with zero attached hydrogens (tertiary/aromatic N) is 4. The number of hydrogen-bond donors (Lipinski definition) is 1. The van der Waals surface area contributed by atoms with E-state index in [0.29, 0.717) is 48.6 Å². The molecule has 8 nitrogen and oxygen atoms in total. The van der Waals surface area contributed by atoms with Crippen LogP contribution in [0.25, 0.3) is 10.9 Å². The first-order valence-corrected chi connectivity index (χ1v) is 12.2. The molecule has 1 aliphatic heterocycles. The van der Waals surface area contributed by atoms with Crippen LogP contribution in [0.1, 0.15) is 18.8 Å². The highest BCUT2D eigenvalue weighted by molar-refractivity contribution is 9.10. The minimum atomic E-state index is -3.54. The molecule has 2 heterocycles. The fourth-order valence-corrected chi connectivity index (χ4v) is 5.62. The highest BCUT2D eigenvalue weighted by Crippen LogP contribution is 2.24. The largest absolute Gasteiger partial charge is 0.399 e. The molecule has 164 valence electrons. The lowest BCUT2D eigenvalue weighted by Gasteiger charge is -2.37. The number of hydrogen-bond acceptors (Lipinski definition) is 6. The maximum Gasteiger partial charge on any atom is 0.261 e. The zero-order valence-electron chi connectivity index (χ0n) is 17.3. The van der Waals surface area contributed by atoms with Crippen molar-refractivity contribution < 1.29 is 8.42 Å². The molecule has 1 aromatic heterocycles. The van der Waals surface area contributed by atoms with Gasteiger partial charge in [0, 0.05) is 43.4 Å². The third kappa shape index (κ3) is 4.12. The van der Waals surface area contributed by atoms with Gasteiger partial charge in [-0.1, -0.05) is 15.9 Å². The summed E-state index contributed by atoms with van der Waals surface area (Å²) in [5, 5.41) is 0.490. The molecule has 0 saturated carbocycles. The summed E-state index contributed by atoms with van der Waals surface area (Å²) in [5.41, 5.74) is 6.80. The molecule has 31 heavy (non-hydrogen) atoms. The summed E-state index contributed by atoms with van der Waals surface area (Å²) in [6.45, 7) is 3.84. The summed E-state index contributed by atoms with van der Waals surface area (Å²) < 4.78 is 29.8. The van der Waals surface area contributed by atoms with Crippen LogP contribution in [-0.2, 0) is 17.1 Å². The Hall–Kier alpha value is -2.27. The van der Waals surface area contributed by atoms with Crippen LogP contribution in [0.15, 0.2) is 56.6 Å². The van der Waals surface area contributed by atoms with Crippen LogP contribution in [0.4, 0.5) is 5.69 Å². The average Bonchev–Trinajstić information content (AvgIpc) is 2.76. The second-order valence-corrected chi connectivity index (χ2v) is 10.5. The number of nitrogen functional groups attached to an aromatic ring is 1. The van der Waals surface area contributed by atoms with E-state index in [2.05, 4.69) is 20.8 Å². The number of anilines is 1. The molecule has 0 bridgehead atoms. The fourth-order valence-electron chi connectivity index (χ4n) is 3.93. The highest BCUT2D eigenvalue weighted by atomic mass is 79.9. The quantitative estimate of drug-likeness (QED) is 0.546. The average molecular weight is 506 g/mol. The molecule has 3 aromatic rings. The van der Waals surface area contributed by atoms with Gasteiger partial charge >= 0.3 is 0 Å². The van der Waals surface area contributed by atoms with Gasteiger partial charge in [-0.3, -0.25) is 14.3 Å². The Kier molecular flexibility index (Phi) is 5.91. The molecule has 10 heteroatoms. The fraction of sp³-hybridized carbons (Fsp3) is 0.333. The van der Waals surface area contributed by atoms with Crippen LogP contribution in [0.5, 0.6) is 0 Å². The minimum Gasteiger partial charge on any atom is -0.399 e. The van der Waals surface area contributed by atoms with Gasteiger partial charge in [-0.25, -0.2) is 13.4 Å². The van der Waals surface area contributed by atoms with Gasteiger partial charge in [0.2, 0.25) is 10.0 Å². The first-order chi connectivity index (χ1) is 14.7. The molecular formula is C21H24BrN5O3S. The summed E-state index contributed by atoms with van der Waals surface area (Å²) in [6.07, 6.45) is 0. The molecule has 2 aromatic carbocycles. The number of sulfonamides is 1. The predicted molar refractivity (Wildman–Crippen MR) is 124 cm³/mol. The van der Waals surface area contributed by atoms with Crippen LogP contribution in [0.2, 0.25) is 0 Å². The normalized spacial score (nSPS) is 17.1. The van der Waals surface area contributed by atoms with E-state index in [1.54, 1.807) is 54.1 Å². The molecule has 2 N–H and O–H groups in total. The van der Waals surface area contributed by atoms with Gasteiger partial charge in [-0.05, 0) is 49.4 Å². The SMILES string of the molecule is CC(c1nc2ccc(N)cc2c(=O)n1C)N1CCN(S(=O)(=O)c2ccc(Br)cc2)CC1. The number of aromatic nitrogens is 2. The Labute approximate surface area is 189 Å². The molecule has 1 unspecified atom stereocenters. The second kappa shape index (κ2) is 8.34. The zero-order chi connectivity index (χ0) is 22.3. The molecule has 1 fully saturated rings. The maximum atomic E-state index is 12.9. The van der Waals surface area contributed by atoms with Crippen LogP contribution in [0.3, 0.4) is 0 Å². The second-order valence-electron chi connectivity index (χ2n) is 7.68. The van der Waals surface area contributed by atoms with Crippen LogP contribution < -0.4 is 11.3 Å². The van der Waals surface area contributed by atoms with Crippen molar-refractivity contribution in [3.05, 3.63) is 63.1 Å². The van der Waals surface area contributed by atoms with E-state index in [9.17, 15) is 13.2 Å². The van der Waals surface area contributed by atoms with Gasteiger partial charge in [0.1, 0.15) is 5.82 Å². The van der Waals surface area contributed by atoms with Crippen molar-refractivity contribution in [2.24, 2.45) is 7.05 Å². The number of halogens is 1. The Balaban J connectivity index is 1.54. The van der Waals surface area contributed by atoms with Gasteiger partial charge < -0.3 is 5.73 Å². The van der Waals surface area contributed by atoms with E-state index in [4.69, 9.17) is 10.7 Å². The molecule has 4 rings (SSSR count). The molecule has 1 aliphatic rings. The summed E-state index contributed by atoms with van der Waals surface area (Å²) in [5.74, 6) is 0.645. The summed E-state index contributed by atoms with van der Waals surface area (Å²) in [4.78, 5) is 20.0. The Morgan fingerprint density at radius 3 is 2.35 bits per heavy atom. The Morgan fingerprint density at radius 1 is 1.06 bits per heavy atom. The number of fused-ring (bicyclic) bond motifs is 1. The molecule has 0 aliphatic carbocycles. The standard InChI is InChI=1S/C21H24BrN5O3S/c1-14(20-24-19-8-5-16(23)13-18(19)21(28)25(20)2)26-9-11-27(12-10-26)31(29,30)17-6-3-15(22)4-7-17/h3-8,13-14H,9-12,23H2,1-2H3. The van der Waals surface area contributed by atoms with Crippen molar-refractivity contribution in [1.82, 2.24) is 18.8 Å². The molecule has 1 atom stereocenters. The van der Waals surface area contributed by atoms with Crippen LogP contribution >= 0.6 is 15.9 Å². The van der Waals surface area contributed by atoms with E-state index in [0.717, 1.165) is 4.47 Å². The third-order valence-electron chi connectivity index (χ3n) is 5.78. The molecule has 0 spiro atoms. The van der Waals surface area contributed by atoms with Crippen molar-refractivity contribution in [3.8, 4) is 0 Å². The first-order valence-electron chi connectivity index (χ1n) is 9.94. The highest BCUT2D eigenvalue weighted by Gasteiger charge is 2.31. The summed E-state index contributed by atoms with van der Waals surface area (Å²) in [7, 11) is -1.83. The minimum absolute atomic E-state index is 0.141. The van der Waals surface area contributed by atoms with Gasteiger partial charge in [-0.15, -0.1) is 0 Å². The Bertz CT molecular complexity index is 1280. The molecule has 0 radical (unpaired) electrons. The predicted octanol–water partition coefficient (Wildman–Crippen LogP) is 2.35. The van der Waals surface area contributed by atoms with Crippen molar-refractivity contribution in [2.45, 2.75) is 17.9 Å².